The van der Waals surface area contributed by atoms with Gasteiger partial charge in [-0.1, -0.05) is 32.1 Å². The first-order valence-corrected chi connectivity index (χ1v) is 7.60. The normalized spacial score (nSPS) is 17.9. The smallest absolute Gasteiger partial charge is 0.323 e. The quantitative estimate of drug-likeness (QED) is 0.837. The second-order valence-electron chi connectivity index (χ2n) is 6.64. The van der Waals surface area contributed by atoms with Crippen molar-refractivity contribution in [3.8, 4) is 0 Å². The number of hydrogen-bond acceptors (Lipinski definition) is 2. The first-order valence-electron chi connectivity index (χ1n) is 7.60. The Kier molecular flexibility index (Phi) is 6.30. The summed E-state index contributed by atoms with van der Waals surface area (Å²) in [6.07, 6.45) is 8.01. The molecule has 0 spiro atoms. The molecule has 1 aliphatic carbocycles. The molecular weight excluding hydrogens is 256 g/mol. The van der Waals surface area contributed by atoms with Crippen molar-refractivity contribution >= 4 is 12.0 Å². The molecule has 5 nitrogen and oxygen atoms in total. The maximum absolute atomic E-state index is 12.3. The molecule has 5 heteroatoms. The molecule has 1 fully saturated rings. The van der Waals surface area contributed by atoms with E-state index in [2.05, 4.69) is 5.32 Å². The predicted octanol–water partition coefficient (Wildman–Crippen LogP) is 2.99. The van der Waals surface area contributed by atoms with Crippen LogP contribution in [0.4, 0.5) is 4.79 Å². The van der Waals surface area contributed by atoms with Crippen molar-refractivity contribution in [2.45, 2.75) is 77.3 Å². The summed E-state index contributed by atoms with van der Waals surface area (Å²) >= 11 is 0. The maximum Gasteiger partial charge on any atom is 0.323 e. The van der Waals surface area contributed by atoms with Gasteiger partial charge in [-0.3, -0.25) is 4.79 Å². The van der Waals surface area contributed by atoms with Crippen molar-refractivity contribution in [2.24, 2.45) is 0 Å². The minimum Gasteiger partial charge on any atom is -0.480 e. The first-order chi connectivity index (χ1) is 9.30. The van der Waals surface area contributed by atoms with E-state index in [1.807, 2.05) is 20.8 Å². The average molecular weight is 284 g/mol. The lowest BCUT2D eigenvalue weighted by Gasteiger charge is -2.36. The van der Waals surface area contributed by atoms with Crippen molar-refractivity contribution in [1.82, 2.24) is 10.2 Å². The summed E-state index contributed by atoms with van der Waals surface area (Å²) in [4.78, 5) is 24.7. The third-order valence-corrected chi connectivity index (χ3v) is 3.78. The van der Waals surface area contributed by atoms with Crippen LogP contribution in [0.15, 0.2) is 0 Å². The number of carbonyl (C=O) groups excluding carboxylic acids is 1. The maximum atomic E-state index is 12.3. The molecule has 0 atom stereocenters. The van der Waals surface area contributed by atoms with Crippen LogP contribution in [-0.2, 0) is 4.79 Å². The molecule has 2 N–H and O–H groups in total. The molecule has 0 aliphatic heterocycles. The zero-order valence-corrected chi connectivity index (χ0v) is 12.9. The summed E-state index contributed by atoms with van der Waals surface area (Å²) in [7, 11) is 0. The van der Waals surface area contributed by atoms with Crippen LogP contribution in [0.2, 0.25) is 0 Å². The summed E-state index contributed by atoms with van der Waals surface area (Å²) in [5.41, 5.74) is -0.496. The number of urea groups is 1. The van der Waals surface area contributed by atoms with Crippen LogP contribution < -0.4 is 5.32 Å². The number of nitrogens with one attached hydrogen (secondary N) is 1. The zero-order valence-electron chi connectivity index (χ0n) is 12.9. The largest absolute Gasteiger partial charge is 0.480 e. The summed E-state index contributed by atoms with van der Waals surface area (Å²) < 4.78 is 0. The van der Waals surface area contributed by atoms with E-state index < -0.39 is 11.5 Å². The molecule has 0 heterocycles. The molecular formula is C15H28N2O3. The van der Waals surface area contributed by atoms with Crippen LogP contribution in [0.1, 0.15) is 65.7 Å². The van der Waals surface area contributed by atoms with Crippen LogP contribution in [-0.4, -0.2) is 40.1 Å². The summed E-state index contributed by atoms with van der Waals surface area (Å²) in [5, 5.41) is 12.0. The summed E-state index contributed by atoms with van der Waals surface area (Å²) in [5.74, 6) is -0.979. The van der Waals surface area contributed by atoms with Crippen molar-refractivity contribution in [3.63, 3.8) is 0 Å². The van der Waals surface area contributed by atoms with Crippen LogP contribution in [0.5, 0.6) is 0 Å². The number of amides is 2. The van der Waals surface area contributed by atoms with Gasteiger partial charge in [0, 0.05) is 11.6 Å². The van der Waals surface area contributed by atoms with Gasteiger partial charge in [0.15, 0.2) is 0 Å². The third-order valence-electron chi connectivity index (χ3n) is 3.78. The van der Waals surface area contributed by atoms with Gasteiger partial charge in [-0.05, 0) is 33.6 Å². The molecule has 0 aromatic rings. The van der Waals surface area contributed by atoms with E-state index in [0.29, 0.717) is 0 Å². The second-order valence-corrected chi connectivity index (χ2v) is 6.64. The van der Waals surface area contributed by atoms with Gasteiger partial charge in [0.25, 0.3) is 0 Å². The molecule has 1 rings (SSSR count). The van der Waals surface area contributed by atoms with Gasteiger partial charge in [0.05, 0.1) is 0 Å². The minimum absolute atomic E-state index is 0.182. The Morgan fingerprint density at radius 1 is 1.10 bits per heavy atom. The SMILES string of the molecule is CC(C)(C)N(CC(=O)O)C(=O)NC1CCCCCCC1. The molecule has 0 aromatic carbocycles. The lowest BCUT2D eigenvalue weighted by molar-refractivity contribution is -0.138. The molecule has 0 unspecified atom stereocenters. The Morgan fingerprint density at radius 3 is 2.05 bits per heavy atom. The van der Waals surface area contributed by atoms with Crippen molar-refractivity contribution in [3.05, 3.63) is 0 Å². The highest BCUT2D eigenvalue weighted by Crippen LogP contribution is 2.19. The summed E-state index contributed by atoms with van der Waals surface area (Å²) in [6.45, 7) is 5.30. The van der Waals surface area contributed by atoms with E-state index in [-0.39, 0.29) is 18.6 Å². The number of hydrogen-bond donors (Lipinski definition) is 2. The molecule has 0 bridgehead atoms. The fourth-order valence-corrected chi connectivity index (χ4v) is 2.60. The number of carbonyl (C=O) groups is 2. The molecule has 2 amide bonds. The molecule has 0 radical (unpaired) electrons. The standard InChI is InChI=1S/C15H28N2O3/c1-15(2,3)17(11-13(18)19)14(20)16-12-9-7-5-4-6-8-10-12/h12H,4-11H2,1-3H3,(H,16,20)(H,18,19). The molecule has 1 aliphatic rings. The Labute approximate surface area is 121 Å². The number of nitrogens with zero attached hydrogens (tertiary/aromatic N) is 1. The Bertz CT molecular complexity index is 329. The van der Waals surface area contributed by atoms with Gasteiger partial charge < -0.3 is 15.3 Å². The average Bonchev–Trinajstić information content (AvgIpc) is 2.27. The summed E-state index contributed by atoms with van der Waals surface area (Å²) in [6, 6.07) is -0.0769. The van der Waals surface area contributed by atoms with Gasteiger partial charge in [-0.25, -0.2) is 4.79 Å². The van der Waals surface area contributed by atoms with Crippen molar-refractivity contribution in [2.75, 3.05) is 6.54 Å². The number of carboxylic acid groups (broad SMARTS) is 1. The van der Waals surface area contributed by atoms with Crippen LogP contribution >= 0.6 is 0 Å². The highest BCUT2D eigenvalue weighted by atomic mass is 16.4. The first kappa shape index (κ1) is 16.8. The zero-order chi connectivity index (χ0) is 15.2. The van der Waals surface area contributed by atoms with E-state index in [4.69, 9.17) is 5.11 Å². The highest BCUT2D eigenvalue weighted by Gasteiger charge is 2.29. The van der Waals surface area contributed by atoms with Gasteiger partial charge in [0.2, 0.25) is 0 Å². The van der Waals surface area contributed by atoms with Gasteiger partial charge in [-0.15, -0.1) is 0 Å². The number of carboxylic acids is 1. The Morgan fingerprint density at radius 2 is 1.60 bits per heavy atom. The Balaban J connectivity index is 2.61. The van der Waals surface area contributed by atoms with E-state index in [1.54, 1.807) is 0 Å². The highest BCUT2D eigenvalue weighted by molar-refractivity contribution is 5.81. The van der Waals surface area contributed by atoms with Crippen LogP contribution in [0.25, 0.3) is 0 Å². The fraction of sp³-hybridized carbons (Fsp3) is 0.867. The molecule has 116 valence electrons. The minimum atomic E-state index is -0.979. The third kappa shape index (κ3) is 5.80. The Hall–Kier alpha value is -1.26. The van der Waals surface area contributed by atoms with E-state index in [0.717, 1.165) is 25.7 Å². The van der Waals surface area contributed by atoms with Crippen molar-refractivity contribution in [1.29, 1.82) is 0 Å². The lowest BCUT2D eigenvalue weighted by atomic mass is 9.97. The molecule has 0 saturated heterocycles. The van der Waals surface area contributed by atoms with Gasteiger partial charge >= 0.3 is 12.0 Å². The van der Waals surface area contributed by atoms with E-state index in [1.165, 1.54) is 24.2 Å². The molecule has 0 aromatic heterocycles. The van der Waals surface area contributed by atoms with Crippen LogP contribution in [0, 0.1) is 0 Å². The number of rotatable bonds is 3. The lowest BCUT2D eigenvalue weighted by Crippen LogP contribution is -2.54. The van der Waals surface area contributed by atoms with Gasteiger partial charge in [-0.2, -0.15) is 0 Å². The topological polar surface area (TPSA) is 69.6 Å². The number of aliphatic carboxylic acids is 1. The second kappa shape index (κ2) is 7.50. The van der Waals surface area contributed by atoms with E-state index >= 15 is 0 Å². The van der Waals surface area contributed by atoms with Crippen molar-refractivity contribution < 1.29 is 14.7 Å². The molecule has 20 heavy (non-hydrogen) atoms. The van der Waals surface area contributed by atoms with Gasteiger partial charge in [0.1, 0.15) is 6.54 Å². The monoisotopic (exact) mass is 284 g/mol. The predicted molar refractivity (Wildman–Crippen MR) is 78.7 cm³/mol. The van der Waals surface area contributed by atoms with Crippen LogP contribution in [0.3, 0.4) is 0 Å². The molecule has 1 saturated carbocycles. The van der Waals surface area contributed by atoms with E-state index in [9.17, 15) is 9.59 Å². The fourth-order valence-electron chi connectivity index (χ4n) is 2.60.